The van der Waals surface area contributed by atoms with Crippen molar-refractivity contribution in [2.75, 3.05) is 33.6 Å². The molecule has 0 saturated carbocycles. The second kappa shape index (κ2) is 5.16. The molecule has 0 spiro atoms. The van der Waals surface area contributed by atoms with Crippen molar-refractivity contribution < 1.29 is 14.2 Å². The Morgan fingerprint density at radius 3 is 3.11 bits per heavy atom. The first kappa shape index (κ1) is 11.8. The average molecular weight is 249 g/mol. The lowest BCUT2D eigenvalue weighted by atomic mass is 10.1. The summed E-state index contributed by atoms with van der Waals surface area (Å²) in [6.07, 6.45) is 1.23. The van der Waals surface area contributed by atoms with Gasteiger partial charge in [-0.1, -0.05) is 6.07 Å². The largest absolute Gasteiger partial charge is 0.454 e. The van der Waals surface area contributed by atoms with Crippen molar-refractivity contribution in [2.45, 2.75) is 13.0 Å². The van der Waals surface area contributed by atoms with Crippen LogP contribution in [0.4, 0.5) is 0 Å². The molecule has 0 amide bonds. The number of benzene rings is 1. The minimum Gasteiger partial charge on any atom is -0.454 e. The molecule has 2 aliphatic rings. The summed E-state index contributed by atoms with van der Waals surface area (Å²) in [6.45, 7) is 4.48. The van der Waals surface area contributed by atoms with Crippen LogP contribution in [0.2, 0.25) is 0 Å². The first-order valence-electron chi connectivity index (χ1n) is 6.45. The van der Waals surface area contributed by atoms with Crippen LogP contribution >= 0.6 is 0 Å². The Hall–Kier alpha value is -1.26. The van der Waals surface area contributed by atoms with Gasteiger partial charge in [-0.15, -0.1) is 0 Å². The molecule has 4 nitrogen and oxygen atoms in total. The van der Waals surface area contributed by atoms with Gasteiger partial charge in [0.1, 0.15) is 0 Å². The summed E-state index contributed by atoms with van der Waals surface area (Å²) in [7, 11) is 1.78. The molecule has 0 radical (unpaired) electrons. The second-order valence-corrected chi connectivity index (χ2v) is 5.03. The van der Waals surface area contributed by atoms with Crippen molar-refractivity contribution in [1.29, 1.82) is 0 Å². The second-order valence-electron chi connectivity index (χ2n) is 5.03. The summed E-state index contributed by atoms with van der Waals surface area (Å²) in [5, 5.41) is 0. The van der Waals surface area contributed by atoms with Gasteiger partial charge in [0, 0.05) is 20.2 Å². The maximum Gasteiger partial charge on any atom is 0.231 e. The molecule has 0 aliphatic carbocycles. The van der Waals surface area contributed by atoms with Crippen LogP contribution < -0.4 is 9.47 Å². The Bertz CT molecular complexity index is 422. The number of methoxy groups -OCH3 is 1. The molecular formula is C14H19NO3. The molecule has 1 atom stereocenters. The van der Waals surface area contributed by atoms with Gasteiger partial charge in [-0.3, -0.25) is 4.90 Å². The van der Waals surface area contributed by atoms with Crippen molar-refractivity contribution >= 4 is 0 Å². The zero-order valence-electron chi connectivity index (χ0n) is 10.7. The van der Waals surface area contributed by atoms with Crippen LogP contribution in [0.25, 0.3) is 0 Å². The fourth-order valence-electron chi connectivity index (χ4n) is 2.73. The van der Waals surface area contributed by atoms with Gasteiger partial charge in [-0.2, -0.15) is 0 Å². The lowest BCUT2D eigenvalue weighted by molar-refractivity contribution is 0.152. The third-order valence-electron chi connectivity index (χ3n) is 3.62. The third kappa shape index (κ3) is 2.44. The smallest absolute Gasteiger partial charge is 0.231 e. The Kier molecular flexibility index (Phi) is 3.39. The number of ether oxygens (including phenoxy) is 3. The predicted molar refractivity (Wildman–Crippen MR) is 67.8 cm³/mol. The molecule has 1 fully saturated rings. The predicted octanol–water partition coefficient (Wildman–Crippen LogP) is 1.88. The van der Waals surface area contributed by atoms with Gasteiger partial charge in [0.05, 0.1) is 6.61 Å². The number of hydrogen-bond donors (Lipinski definition) is 0. The highest BCUT2D eigenvalue weighted by atomic mass is 16.7. The monoisotopic (exact) mass is 249 g/mol. The van der Waals surface area contributed by atoms with Crippen LogP contribution in [-0.2, 0) is 11.3 Å². The van der Waals surface area contributed by atoms with Gasteiger partial charge < -0.3 is 14.2 Å². The van der Waals surface area contributed by atoms with Crippen molar-refractivity contribution in [2.24, 2.45) is 5.92 Å². The topological polar surface area (TPSA) is 30.9 Å². The van der Waals surface area contributed by atoms with Crippen molar-refractivity contribution in [3.05, 3.63) is 23.8 Å². The first-order valence-corrected chi connectivity index (χ1v) is 6.45. The minimum atomic E-state index is 0.346. The van der Waals surface area contributed by atoms with Crippen LogP contribution in [0.15, 0.2) is 18.2 Å². The van der Waals surface area contributed by atoms with Crippen LogP contribution in [0.5, 0.6) is 11.5 Å². The third-order valence-corrected chi connectivity index (χ3v) is 3.62. The summed E-state index contributed by atoms with van der Waals surface area (Å²) >= 11 is 0. The molecular weight excluding hydrogens is 230 g/mol. The summed E-state index contributed by atoms with van der Waals surface area (Å²) < 4.78 is 15.9. The molecule has 18 heavy (non-hydrogen) atoms. The van der Waals surface area contributed by atoms with Gasteiger partial charge in [-0.25, -0.2) is 0 Å². The lowest BCUT2D eigenvalue weighted by Crippen LogP contribution is -2.21. The molecule has 2 aliphatic heterocycles. The number of nitrogens with zero attached hydrogens (tertiary/aromatic N) is 1. The normalized spacial score (nSPS) is 22.6. The quantitative estimate of drug-likeness (QED) is 0.815. The first-order chi connectivity index (χ1) is 8.85. The summed E-state index contributed by atoms with van der Waals surface area (Å²) in [6, 6.07) is 6.21. The Balaban J connectivity index is 1.60. The molecule has 0 bridgehead atoms. The average Bonchev–Trinajstić information content (AvgIpc) is 2.98. The fraction of sp³-hybridized carbons (Fsp3) is 0.571. The summed E-state index contributed by atoms with van der Waals surface area (Å²) in [4.78, 5) is 2.47. The summed E-state index contributed by atoms with van der Waals surface area (Å²) in [5.41, 5.74) is 1.29. The molecule has 98 valence electrons. The molecule has 1 aromatic carbocycles. The van der Waals surface area contributed by atoms with Gasteiger partial charge in [0.25, 0.3) is 0 Å². The lowest BCUT2D eigenvalue weighted by Gasteiger charge is -2.16. The molecule has 0 aromatic heterocycles. The van der Waals surface area contributed by atoms with E-state index in [0.29, 0.717) is 12.7 Å². The van der Waals surface area contributed by atoms with Crippen molar-refractivity contribution in [3.63, 3.8) is 0 Å². The van der Waals surface area contributed by atoms with Gasteiger partial charge in [0.15, 0.2) is 11.5 Å². The van der Waals surface area contributed by atoms with Crippen molar-refractivity contribution in [1.82, 2.24) is 4.90 Å². The Morgan fingerprint density at radius 2 is 2.22 bits per heavy atom. The van der Waals surface area contributed by atoms with Crippen LogP contribution in [0.3, 0.4) is 0 Å². The van der Waals surface area contributed by atoms with Crippen LogP contribution in [0.1, 0.15) is 12.0 Å². The highest BCUT2D eigenvalue weighted by Crippen LogP contribution is 2.33. The van der Waals surface area contributed by atoms with E-state index in [1.165, 1.54) is 12.0 Å². The van der Waals surface area contributed by atoms with E-state index in [1.807, 2.05) is 6.07 Å². The van der Waals surface area contributed by atoms with Gasteiger partial charge in [-0.05, 0) is 36.6 Å². The zero-order chi connectivity index (χ0) is 12.4. The highest BCUT2D eigenvalue weighted by molar-refractivity contribution is 5.44. The van der Waals surface area contributed by atoms with Crippen LogP contribution in [0, 0.1) is 5.92 Å². The SMILES string of the molecule is COC[C@H]1CCN(Cc2ccc3c(c2)OCO3)C1. The maximum atomic E-state index is 5.40. The van der Waals surface area contributed by atoms with E-state index >= 15 is 0 Å². The van der Waals surface area contributed by atoms with E-state index in [2.05, 4.69) is 17.0 Å². The molecule has 4 heteroatoms. The van der Waals surface area contributed by atoms with Gasteiger partial charge >= 0.3 is 0 Å². The molecule has 3 rings (SSSR count). The van der Waals surface area contributed by atoms with E-state index < -0.39 is 0 Å². The molecule has 0 N–H and O–H groups in total. The Labute approximate surface area is 107 Å². The minimum absolute atomic E-state index is 0.346. The molecule has 1 aromatic rings. The number of likely N-dealkylation sites (tertiary alicyclic amines) is 1. The van der Waals surface area contributed by atoms with E-state index in [-0.39, 0.29) is 0 Å². The summed E-state index contributed by atoms with van der Waals surface area (Å²) in [5.74, 6) is 2.42. The molecule has 0 unspecified atom stereocenters. The van der Waals surface area contributed by atoms with Gasteiger partial charge in [0.2, 0.25) is 6.79 Å². The number of fused-ring (bicyclic) bond motifs is 1. The molecule has 2 heterocycles. The highest BCUT2D eigenvalue weighted by Gasteiger charge is 2.22. The standard InChI is InChI=1S/C14H19NO3/c1-16-9-12-4-5-15(8-12)7-11-2-3-13-14(6-11)18-10-17-13/h2-3,6,12H,4-5,7-10H2,1H3/t12-/m0/s1. The fourth-order valence-corrected chi connectivity index (χ4v) is 2.73. The van der Waals surface area contributed by atoms with Crippen LogP contribution in [-0.4, -0.2) is 38.5 Å². The van der Waals surface area contributed by atoms with E-state index in [0.717, 1.165) is 37.7 Å². The molecule has 1 saturated heterocycles. The zero-order valence-corrected chi connectivity index (χ0v) is 10.7. The van der Waals surface area contributed by atoms with Crippen molar-refractivity contribution in [3.8, 4) is 11.5 Å². The number of rotatable bonds is 4. The van der Waals surface area contributed by atoms with E-state index in [1.54, 1.807) is 7.11 Å². The number of hydrogen-bond acceptors (Lipinski definition) is 4. The Morgan fingerprint density at radius 1 is 1.33 bits per heavy atom. The maximum absolute atomic E-state index is 5.40. The van der Waals surface area contributed by atoms with E-state index in [4.69, 9.17) is 14.2 Å². The van der Waals surface area contributed by atoms with E-state index in [9.17, 15) is 0 Å².